The third-order valence-electron chi connectivity index (χ3n) is 2.21. The Morgan fingerprint density at radius 2 is 1.64 bits per heavy atom. The summed E-state index contributed by atoms with van der Waals surface area (Å²) in [7, 11) is 0. The Hall–Kier alpha value is -0.200. The van der Waals surface area contributed by atoms with Gasteiger partial charge in [-0.1, -0.05) is 0 Å². The monoisotopic (exact) mass is 206 g/mol. The number of rotatable bonds is 2. The lowest BCUT2D eigenvalue weighted by atomic mass is 10.00. The second kappa shape index (κ2) is 4.55. The number of hydrogen-bond acceptors (Lipinski definition) is 5. The Morgan fingerprint density at radius 3 is 2.14 bits per heavy atom. The fourth-order valence-electron chi connectivity index (χ4n) is 1.39. The Morgan fingerprint density at radius 1 is 1.07 bits per heavy atom. The Kier molecular flexibility index (Phi) is 3.86. The zero-order chi connectivity index (χ0) is 10.9. The predicted molar refractivity (Wildman–Crippen MR) is 48.6 cm³/mol. The minimum Gasteiger partial charge on any atom is -0.388 e. The molecule has 84 valence electrons. The SMILES string of the molecule is CC(C)O[C@@H]1OC(C)[C@@H](O)C(O)C1O. The van der Waals surface area contributed by atoms with Gasteiger partial charge in [-0.25, -0.2) is 0 Å². The molecule has 5 nitrogen and oxygen atoms in total. The fraction of sp³-hybridized carbons (Fsp3) is 1.00. The first-order valence-corrected chi connectivity index (χ1v) is 4.78. The molecule has 0 amide bonds. The van der Waals surface area contributed by atoms with E-state index in [9.17, 15) is 15.3 Å². The summed E-state index contributed by atoms with van der Waals surface area (Å²) in [5.41, 5.74) is 0. The van der Waals surface area contributed by atoms with E-state index in [0.29, 0.717) is 0 Å². The molecule has 3 unspecified atom stereocenters. The van der Waals surface area contributed by atoms with Crippen molar-refractivity contribution >= 4 is 0 Å². The highest BCUT2D eigenvalue weighted by molar-refractivity contribution is 4.87. The molecule has 0 saturated carbocycles. The highest BCUT2D eigenvalue weighted by Crippen LogP contribution is 2.22. The molecule has 0 aromatic rings. The van der Waals surface area contributed by atoms with Crippen LogP contribution in [0.2, 0.25) is 0 Å². The van der Waals surface area contributed by atoms with Crippen molar-refractivity contribution in [2.75, 3.05) is 0 Å². The molecule has 0 radical (unpaired) electrons. The lowest BCUT2D eigenvalue weighted by Gasteiger charge is -2.39. The Balaban J connectivity index is 2.60. The van der Waals surface area contributed by atoms with Crippen LogP contribution in [0.15, 0.2) is 0 Å². The summed E-state index contributed by atoms with van der Waals surface area (Å²) in [4.78, 5) is 0. The lowest BCUT2D eigenvalue weighted by Crippen LogP contribution is -2.57. The van der Waals surface area contributed by atoms with E-state index in [1.54, 1.807) is 20.8 Å². The van der Waals surface area contributed by atoms with Gasteiger partial charge in [0.2, 0.25) is 0 Å². The van der Waals surface area contributed by atoms with E-state index in [1.165, 1.54) is 0 Å². The highest BCUT2D eigenvalue weighted by atomic mass is 16.7. The summed E-state index contributed by atoms with van der Waals surface area (Å²) in [5, 5.41) is 28.3. The van der Waals surface area contributed by atoms with Crippen LogP contribution in [0.4, 0.5) is 0 Å². The first-order valence-electron chi connectivity index (χ1n) is 4.78. The molecule has 14 heavy (non-hydrogen) atoms. The van der Waals surface area contributed by atoms with Gasteiger partial charge in [-0.2, -0.15) is 0 Å². The third kappa shape index (κ3) is 2.43. The van der Waals surface area contributed by atoms with E-state index < -0.39 is 30.7 Å². The fourth-order valence-corrected chi connectivity index (χ4v) is 1.39. The maximum absolute atomic E-state index is 9.51. The van der Waals surface area contributed by atoms with Crippen LogP contribution in [0, 0.1) is 0 Å². The molecule has 5 atom stereocenters. The van der Waals surface area contributed by atoms with Crippen molar-refractivity contribution in [1.29, 1.82) is 0 Å². The van der Waals surface area contributed by atoms with Crippen molar-refractivity contribution in [3.63, 3.8) is 0 Å². The highest BCUT2D eigenvalue weighted by Gasteiger charge is 2.42. The van der Waals surface area contributed by atoms with Gasteiger partial charge < -0.3 is 24.8 Å². The van der Waals surface area contributed by atoms with Crippen LogP contribution in [-0.4, -0.2) is 52.1 Å². The van der Waals surface area contributed by atoms with E-state index in [0.717, 1.165) is 0 Å². The maximum Gasteiger partial charge on any atom is 0.186 e. The van der Waals surface area contributed by atoms with Crippen LogP contribution >= 0.6 is 0 Å². The molecule has 0 aliphatic carbocycles. The molecule has 0 aromatic heterocycles. The molecule has 1 aliphatic rings. The van der Waals surface area contributed by atoms with E-state index in [4.69, 9.17) is 9.47 Å². The largest absolute Gasteiger partial charge is 0.388 e. The second-order valence-corrected chi connectivity index (χ2v) is 3.87. The third-order valence-corrected chi connectivity index (χ3v) is 2.21. The van der Waals surface area contributed by atoms with E-state index in [1.807, 2.05) is 0 Å². The zero-order valence-corrected chi connectivity index (χ0v) is 8.62. The van der Waals surface area contributed by atoms with Crippen LogP contribution in [0.5, 0.6) is 0 Å². The number of aliphatic hydroxyl groups excluding tert-OH is 3. The van der Waals surface area contributed by atoms with E-state index in [2.05, 4.69) is 0 Å². The van der Waals surface area contributed by atoms with Gasteiger partial charge in [0.1, 0.15) is 18.3 Å². The summed E-state index contributed by atoms with van der Waals surface area (Å²) in [6.45, 7) is 5.23. The number of ether oxygens (including phenoxy) is 2. The van der Waals surface area contributed by atoms with Crippen molar-refractivity contribution < 1.29 is 24.8 Å². The quantitative estimate of drug-likeness (QED) is 0.553. The van der Waals surface area contributed by atoms with Crippen molar-refractivity contribution in [3.05, 3.63) is 0 Å². The minimum absolute atomic E-state index is 0.107. The van der Waals surface area contributed by atoms with E-state index >= 15 is 0 Å². The zero-order valence-electron chi connectivity index (χ0n) is 8.62. The molecule has 5 heteroatoms. The molecule has 1 fully saturated rings. The summed E-state index contributed by atoms with van der Waals surface area (Å²) in [6.07, 6.45) is -5.02. The van der Waals surface area contributed by atoms with Gasteiger partial charge in [0, 0.05) is 0 Å². The number of aliphatic hydroxyl groups is 3. The van der Waals surface area contributed by atoms with Crippen LogP contribution in [-0.2, 0) is 9.47 Å². The van der Waals surface area contributed by atoms with Gasteiger partial charge in [-0.3, -0.25) is 0 Å². The van der Waals surface area contributed by atoms with Crippen LogP contribution in [0.1, 0.15) is 20.8 Å². The van der Waals surface area contributed by atoms with Crippen LogP contribution < -0.4 is 0 Å². The lowest BCUT2D eigenvalue weighted by molar-refractivity contribution is -0.301. The van der Waals surface area contributed by atoms with Crippen molar-refractivity contribution in [3.8, 4) is 0 Å². The van der Waals surface area contributed by atoms with Crippen molar-refractivity contribution in [2.24, 2.45) is 0 Å². The summed E-state index contributed by atoms with van der Waals surface area (Å²) < 4.78 is 10.5. The van der Waals surface area contributed by atoms with Gasteiger partial charge in [-0.05, 0) is 20.8 Å². The molecule has 1 rings (SSSR count). The molecule has 1 aliphatic heterocycles. The van der Waals surface area contributed by atoms with Crippen molar-refractivity contribution in [2.45, 2.75) is 57.6 Å². The van der Waals surface area contributed by atoms with Gasteiger partial charge >= 0.3 is 0 Å². The minimum atomic E-state index is -1.22. The first-order chi connectivity index (χ1) is 6.43. The second-order valence-electron chi connectivity index (χ2n) is 3.87. The van der Waals surface area contributed by atoms with Crippen molar-refractivity contribution in [1.82, 2.24) is 0 Å². The molecule has 1 saturated heterocycles. The van der Waals surface area contributed by atoms with Gasteiger partial charge in [0.05, 0.1) is 12.2 Å². The standard InChI is InChI=1S/C9H18O5/c1-4(2)13-9-8(12)7(11)6(10)5(3)14-9/h4-12H,1-3H3/t5?,6-,7?,8?,9-/m1/s1. The Bertz CT molecular complexity index is 184. The summed E-state index contributed by atoms with van der Waals surface area (Å²) in [5.74, 6) is 0. The molecule has 1 heterocycles. The Labute approximate surface area is 83.3 Å². The smallest absolute Gasteiger partial charge is 0.186 e. The van der Waals surface area contributed by atoms with Crippen LogP contribution in [0.25, 0.3) is 0 Å². The normalized spacial score (nSPS) is 44.4. The average Bonchev–Trinajstić information content (AvgIpc) is 2.10. The molecular formula is C9H18O5. The summed E-state index contributed by atoms with van der Waals surface area (Å²) in [6, 6.07) is 0. The molecule has 0 aromatic carbocycles. The first kappa shape index (κ1) is 11.9. The molecule has 0 bridgehead atoms. The molecule has 0 spiro atoms. The van der Waals surface area contributed by atoms with Gasteiger partial charge in [0.25, 0.3) is 0 Å². The summed E-state index contributed by atoms with van der Waals surface area (Å²) >= 11 is 0. The van der Waals surface area contributed by atoms with Gasteiger partial charge in [-0.15, -0.1) is 0 Å². The van der Waals surface area contributed by atoms with Crippen LogP contribution in [0.3, 0.4) is 0 Å². The predicted octanol–water partition coefficient (Wildman–Crippen LogP) is -0.761. The number of hydrogen-bond donors (Lipinski definition) is 3. The average molecular weight is 206 g/mol. The maximum atomic E-state index is 9.51. The molecule has 3 N–H and O–H groups in total. The molecular weight excluding hydrogens is 188 g/mol. The van der Waals surface area contributed by atoms with Gasteiger partial charge in [0.15, 0.2) is 6.29 Å². The van der Waals surface area contributed by atoms with E-state index in [-0.39, 0.29) is 6.10 Å². The topological polar surface area (TPSA) is 79.2 Å².